The Hall–Kier alpha value is -2.83. The fourth-order valence-electron chi connectivity index (χ4n) is 2.03. The summed E-state index contributed by atoms with van der Waals surface area (Å²) in [4.78, 5) is 27.5. The second-order valence-corrected chi connectivity index (χ2v) is 5.25. The standard InChI is InChI=1S/C17H17F2N3O2/c1-11-6-8-20-15(9-11)22-16(23)3-2-7-21-17(24)13-5-4-12(18)10-14(13)19/h4-6,8-10H,2-3,7H2,1H3,(H,21,24)(H,20,22,23). The van der Waals surface area contributed by atoms with E-state index in [1.165, 1.54) is 0 Å². The highest BCUT2D eigenvalue weighted by atomic mass is 19.1. The maximum absolute atomic E-state index is 13.4. The summed E-state index contributed by atoms with van der Waals surface area (Å²) < 4.78 is 26.2. The zero-order valence-electron chi connectivity index (χ0n) is 13.1. The third-order valence-electron chi connectivity index (χ3n) is 3.22. The molecule has 5 nitrogen and oxygen atoms in total. The number of aryl methyl sites for hydroxylation is 1. The van der Waals surface area contributed by atoms with Gasteiger partial charge in [0.15, 0.2) is 0 Å². The summed E-state index contributed by atoms with van der Waals surface area (Å²) in [5, 5.41) is 5.14. The van der Waals surface area contributed by atoms with E-state index < -0.39 is 17.5 Å². The highest BCUT2D eigenvalue weighted by molar-refractivity contribution is 5.94. The number of nitrogens with zero attached hydrogens (tertiary/aromatic N) is 1. The predicted octanol–water partition coefficient (Wildman–Crippen LogP) is 2.82. The van der Waals surface area contributed by atoms with Gasteiger partial charge in [-0.15, -0.1) is 0 Å². The molecule has 2 N–H and O–H groups in total. The number of aromatic nitrogens is 1. The van der Waals surface area contributed by atoms with Crippen LogP contribution in [0.1, 0.15) is 28.8 Å². The molecule has 0 bridgehead atoms. The fraction of sp³-hybridized carbons (Fsp3) is 0.235. The minimum atomic E-state index is -0.921. The van der Waals surface area contributed by atoms with Crippen LogP contribution in [0.5, 0.6) is 0 Å². The van der Waals surface area contributed by atoms with Crippen molar-refractivity contribution in [2.45, 2.75) is 19.8 Å². The number of rotatable bonds is 6. The monoisotopic (exact) mass is 333 g/mol. The van der Waals surface area contributed by atoms with Gasteiger partial charge in [-0.05, 0) is 43.2 Å². The molecular weight excluding hydrogens is 316 g/mol. The Morgan fingerprint density at radius 1 is 1.17 bits per heavy atom. The van der Waals surface area contributed by atoms with E-state index in [2.05, 4.69) is 15.6 Å². The molecule has 0 aliphatic rings. The topological polar surface area (TPSA) is 71.1 Å². The molecule has 0 saturated carbocycles. The van der Waals surface area contributed by atoms with Crippen molar-refractivity contribution in [1.29, 1.82) is 0 Å². The molecule has 1 aromatic heterocycles. The molecule has 2 amide bonds. The van der Waals surface area contributed by atoms with Gasteiger partial charge in [-0.3, -0.25) is 9.59 Å². The van der Waals surface area contributed by atoms with Crippen molar-refractivity contribution in [2.24, 2.45) is 0 Å². The lowest BCUT2D eigenvalue weighted by atomic mass is 10.2. The number of halogens is 2. The molecule has 0 unspecified atom stereocenters. The Morgan fingerprint density at radius 3 is 2.67 bits per heavy atom. The number of carbonyl (C=O) groups is 2. The first-order valence-corrected chi connectivity index (χ1v) is 7.41. The molecule has 0 saturated heterocycles. The van der Waals surface area contributed by atoms with Gasteiger partial charge in [-0.2, -0.15) is 0 Å². The van der Waals surface area contributed by atoms with Gasteiger partial charge in [-0.1, -0.05) is 0 Å². The van der Waals surface area contributed by atoms with Crippen LogP contribution in [0.15, 0.2) is 36.5 Å². The van der Waals surface area contributed by atoms with Gasteiger partial charge < -0.3 is 10.6 Å². The van der Waals surface area contributed by atoms with E-state index >= 15 is 0 Å². The number of carbonyl (C=O) groups excluding carboxylic acids is 2. The minimum absolute atomic E-state index is 0.182. The highest BCUT2D eigenvalue weighted by Gasteiger charge is 2.12. The molecular formula is C17H17F2N3O2. The molecule has 0 spiro atoms. The van der Waals surface area contributed by atoms with Crippen LogP contribution in [0.3, 0.4) is 0 Å². The van der Waals surface area contributed by atoms with Crippen LogP contribution < -0.4 is 10.6 Å². The summed E-state index contributed by atoms with van der Waals surface area (Å²) in [5.74, 6) is -2.07. The van der Waals surface area contributed by atoms with Gasteiger partial charge in [0.2, 0.25) is 5.91 Å². The predicted molar refractivity (Wildman–Crippen MR) is 85.5 cm³/mol. The highest BCUT2D eigenvalue weighted by Crippen LogP contribution is 2.09. The number of hydrogen-bond donors (Lipinski definition) is 2. The first-order chi connectivity index (χ1) is 11.5. The van der Waals surface area contributed by atoms with Crippen molar-refractivity contribution in [3.8, 4) is 0 Å². The number of hydrogen-bond acceptors (Lipinski definition) is 3. The summed E-state index contributed by atoms with van der Waals surface area (Å²) in [7, 11) is 0. The van der Waals surface area contributed by atoms with Crippen molar-refractivity contribution >= 4 is 17.6 Å². The SMILES string of the molecule is Cc1ccnc(NC(=O)CCCNC(=O)c2ccc(F)cc2F)c1. The van der Waals surface area contributed by atoms with Crippen molar-refractivity contribution in [2.75, 3.05) is 11.9 Å². The first kappa shape index (κ1) is 17.5. The number of pyridine rings is 1. The molecule has 2 aromatic rings. The molecule has 0 aliphatic heterocycles. The molecule has 126 valence electrons. The largest absolute Gasteiger partial charge is 0.352 e. The normalized spacial score (nSPS) is 10.3. The molecule has 0 radical (unpaired) electrons. The van der Waals surface area contributed by atoms with E-state index in [1.54, 1.807) is 12.3 Å². The molecule has 0 aliphatic carbocycles. The number of amides is 2. The van der Waals surface area contributed by atoms with Gasteiger partial charge >= 0.3 is 0 Å². The van der Waals surface area contributed by atoms with Gasteiger partial charge in [0, 0.05) is 25.2 Å². The summed E-state index contributed by atoms with van der Waals surface area (Å²) in [6.45, 7) is 2.09. The van der Waals surface area contributed by atoms with Gasteiger partial charge in [-0.25, -0.2) is 13.8 Å². The lowest BCUT2D eigenvalue weighted by Crippen LogP contribution is -2.26. The molecule has 7 heteroatoms. The van der Waals surface area contributed by atoms with Gasteiger partial charge in [0.25, 0.3) is 5.91 Å². The van der Waals surface area contributed by atoms with Crippen molar-refractivity contribution in [3.05, 3.63) is 59.3 Å². The maximum atomic E-state index is 13.4. The van der Waals surface area contributed by atoms with Gasteiger partial charge in [0.1, 0.15) is 17.5 Å². The zero-order chi connectivity index (χ0) is 17.5. The molecule has 1 heterocycles. The third-order valence-corrected chi connectivity index (χ3v) is 3.22. The summed E-state index contributed by atoms with van der Waals surface area (Å²) >= 11 is 0. The Labute approximate surface area is 138 Å². The Balaban J connectivity index is 1.74. The van der Waals surface area contributed by atoms with Crippen molar-refractivity contribution in [3.63, 3.8) is 0 Å². The van der Waals surface area contributed by atoms with E-state index in [0.717, 1.165) is 17.7 Å². The number of nitrogens with one attached hydrogen (secondary N) is 2. The summed E-state index contributed by atoms with van der Waals surface area (Å²) in [6.07, 6.45) is 2.16. The van der Waals surface area contributed by atoms with Crippen LogP contribution in [-0.4, -0.2) is 23.3 Å². The summed E-state index contributed by atoms with van der Waals surface area (Å²) in [5.41, 5.74) is 0.749. The zero-order valence-corrected chi connectivity index (χ0v) is 13.1. The van der Waals surface area contributed by atoms with Crippen LogP contribution in [0, 0.1) is 18.6 Å². The fourth-order valence-corrected chi connectivity index (χ4v) is 2.03. The average molecular weight is 333 g/mol. The molecule has 0 atom stereocenters. The van der Waals surface area contributed by atoms with Crippen LogP contribution in [0.2, 0.25) is 0 Å². The number of anilines is 1. The van der Waals surface area contributed by atoms with Crippen LogP contribution in [0.4, 0.5) is 14.6 Å². The lowest BCUT2D eigenvalue weighted by molar-refractivity contribution is -0.116. The van der Waals surface area contributed by atoms with Crippen LogP contribution in [-0.2, 0) is 4.79 Å². The third kappa shape index (κ3) is 5.12. The van der Waals surface area contributed by atoms with Crippen LogP contribution >= 0.6 is 0 Å². The first-order valence-electron chi connectivity index (χ1n) is 7.41. The average Bonchev–Trinajstić information content (AvgIpc) is 2.51. The molecule has 1 aromatic carbocycles. The number of benzene rings is 1. The summed E-state index contributed by atoms with van der Waals surface area (Å²) in [6, 6.07) is 6.31. The molecule has 2 rings (SSSR count). The van der Waals surface area contributed by atoms with E-state index in [0.29, 0.717) is 18.3 Å². The smallest absolute Gasteiger partial charge is 0.254 e. The van der Waals surface area contributed by atoms with E-state index in [-0.39, 0.29) is 24.4 Å². The van der Waals surface area contributed by atoms with Gasteiger partial charge in [0.05, 0.1) is 5.56 Å². The lowest BCUT2D eigenvalue weighted by Gasteiger charge is -2.07. The quantitative estimate of drug-likeness (QED) is 0.799. The molecule has 24 heavy (non-hydrogen) atoms. The Bertz CT molecular complexity index is 750. The molecule has 0 fully saturated rings. The maximum Gasteiger partial charge on any atom is 0.254 e. The second-order valence-electron chi connectivity index (χ2n) is 5.25. The van der Waals surface area contributed by atoms with E-state index in [1.807, 2.05) is 13.0 Å². The Kier molecular flexibility index (Phi) is 5.95. The Morgan fingerprint density at radius 2 is 1.96 bits per heavy atom. The van der Waals surface area contributed by atoms with E-state index in [9.17, 15) is 18.4 Å². The van der Waals surface area contributed by atoms with Crippen molar-refractivity contribution < 1.29 is 18.4 Å². The van der Waals surface area contributed by atoms with Crippen molar-refractivity contribution in [1.82, 2.24) is 10.3 Å². The second kappa shape index (κ2) is 8.14. The minimum Gasteiger partial charge on any atom is -0.352 e. The van der Waals surface area contributed by atoms with Crippen LogP contribution in [0.25, 0.3) is 0 Å². The van der Waals surface area contributed by atoms with E-state index in [4.69, 9.17) is 0 Å².